The minimum Gasteiger partial charge on any atom is -0.455 e. The summed E-state index contributed by atoms with van der Waals surface area (Å²) in [5.41, 5.74) is 0. The SMILES string of the molecule is CC[O][Al]([O]CC)[O]C(C)C. The highest BCUT2D eigenvalue weighted by Gasteiger charge is 2.30. The minimum absolute atomic E-state index is 0.199. The first-order chi connectivity index (χ1) is 5.20. The van der Waals surface area contributed by atoms with Gasteiger partial charge in [-0.25, -0.2) is 0 Å². The molecule has 0 aromatic heterocycles. The van der Waals surface area contributed by atoms with Crippen LogP contribution in [0.4, 0.5) is 0 Å². The molecule has 11 heavy (non-hydrogen) atoms. The van der Waals surface area contributed by atoms with E-state index in [0.29, 0.717) is 13.2 Å². The molecule has 0 bridgehead atoms. The molecule has 4 heteroatoms. The van der Waals surface area contributed by atoms with Crippen molar-refractivity contribution in [3.05, 3.63) is 0 Å². The van der Waals surface area contributed by atoms with Crippen molar-refractivity contribution in [1.29, 1.82) is 0 Å². The zero-order valence-electron chi connectivity index (χ0n) is 7.79. The first kappa shape index (κ1) is 11.4. The van der Waals surface area contributed by atoms with Gasteiger partial charge in [0.1, 0.15) is 0 Å². The van der Waals surface area contributed by atoms with Crippen LogP contribution in [0.15, 0.2) is 0 Å². The second kappa shape index (κ2) is 7.08. The molecule has 0 spiro atoms. The summed E-state index contributed by atoms with van der Waals surface area (Å²) in [7, 11) is 0. The van der Waals surface area contributed by atoms with E-state index in [1.807, 2.05) is 27.7 Å². The number of hydrogen-bond acceptors (Lipinski definition) is 3. The summed E-state index contributed by atoms with van der Waals surface area (Å²) >= 11 is -1.79. The van der Waals surface area contributed by atoms with E-state index >= 15 is 0 Å². The topological polar surface area (TPSA) is 27.7 Å². The van der Waals surface area contributed by atoms with Crippen LogP contribution in [0.3, 0.4) is 0 Å². The molecule has 0 saturated carbocycles. The van der Waals surface area contributed by atoms with Crippen molar-refractivity contribution in [3.8, 4) is 0 Å². The van der Waals surface area contributed by atoms with Crippen molar-refractivity contribution < 1.29 is 11.4 Å². The van der Waals surface area contributed by atoms with Crippen LogP contribution in [0.5, 0.6) is 0 Å². The van der Waals surface area contributed by atoms with Crippen LogP contribution in [0, 0.1) is 0 Å². The lowest BCUT2D eigenvalue weighted by Gasteiger charge is -2.13. The average molecular weight is 176 g/mol. The molecule has 0 saturated heterocycles. The summed E-state index contributed by atoms with van der Waals surface area (Å²) in [5.74, 6) is 0. The third kappa shape index (κ3) is 6.80. The Balaban J connectivity index is 3.50. The molecule has 0 amide bonds. The summed E-state index contributed by atoms with van der Waals surface area (Å²) in [6, 6.07) is 0. The molecule has 0 heterocycles. The zero-order chi connectivity index (χ0) is 8.69. The Bertz CT molecular complexity index is 81.8. The van der Waals surface area contributed by atoms with Crippen molar-refractivity contribution in [2.45, 2.75) is 33.8 Å². The molecule has 0 aromatic carbocycles. The number of rotatable bonds is 6. The highest BCUT2D eigenvalue weighted by Crippen LogP contribution is 1.97. The molecule has 66 valence electrons. The van der Waals surface area contributed by atoms with Crippen molar-refractivity contribution in [3.63, 3.8) is 0 Å². The highest BCUT2D eigenvalue weighted by molar-refractivity contribution is 6.36. The van der Waals surface area contributed by atoms with E-state index in [1.54, 1.807) is 0 Å². The normalized spacial score (nSPS) is 10.6. The van der Waals surface area contributed by atoms with Gasteiger partial charge in [0.15, 0.2) is 0 Å². The predicted octanol–water partition coefficient (Wildman–Crippen LogP) is 1.47. The molecular formula is C7H17AlO3. The van der Waals surface area contributed by atoms with Gasteiger partial charge in [0, 0.05) is 19.3 Å². The fourth-order valence-corrected chi connectivity index (χ4v) is 1.86. The predicted molar refractivity (Wildman–Crippen MR) is 45.2 cm³/mol. The van der Waals surface area contributed by atoms with Crippen molar-refractivity contribution in [2.75, 3.05) is 13.2 Å². The Hall–Kier alpha value is 0.412. The van der Waals surface area contributed by atoms with E-state index in [4.69, 9.17) is 11.4 Å². The molecule has 0 atom stereocenters. The lowest BCUT2D eigenvalue weighted by atomic mass is 10.5. The average Bonchev–Trinajstić information content (AvgIpc) is 1.87. The lowest BCUT2D eigenvalue weighted by Crippen LogP contribution is -2.30. The maximum absolute atomic E-state index is 5.43. The van der Waals surface area contributed by atoms with E-state index in [2.05, 4.69) is 0 Å². The Morgan fingerprint density at radius 3 is 1.82 bits per heavy atom. The van der Waals surface area contributed by atoms with Gasteiger partial charge in [-0.05, 0) is 27.7 Å². The molecule has 0 aliphatic rings. The van der Waals surface area contributed by atoms with Crippen molar-refractivity contribution in [1.82, 2.24) is 0 Å². The Kier molecular flexibility index (Phi) is 7.35. The standard InChI is InChI=1S/C3H7O.2C2H5O.Al/c1-3(2)4;2*1-2-3;/h3H,1-2H3;2*2H2,1H3;/q3*-1;+3. The molecule has 0 N–H and O–H groups in total. The van der Waals surface area contributed by atoms with Crippen molar-refractivity contribution >= 4 is 15.1 Å². The summed E-state index contributed by atoms with van der Waals surface area (Å²) in [6.45, 7) is 9.20. The van der Waals surface area contributed by atoms with Crippen LogP contribution in [0.1, 0.15) is 27.7 Å². The summed E-state index contributed by atoms with van der Waals surface area (Å²) in [6.07, 6.45) is 0.199. The van der Waals surface area contributed by atoms with Gasteiger partial charge in [0.25, 0.3) is 0 Å². The van der Waals surface area contributed by atoms with E-state index in [-0.39, 0.29) is 6.10 Å². The van der Waals surface area contributed by atoms with Gasteiger partial charge in [-0.1, -0.05) is 0 Å². The summed E-state index contributed by atoms with van der Waals surface area (Å²) < 4.78 is 16.0. The second-order valence-electron chi connectivity index (χ2n) is 2.38. The van der Waals surface area contributed by atoms with Gasteiger partial charge in [0.05, 0.1) is 0 Å². The molecule has 0 rings (SSSR count). The lowest BCUT2D eigenvalue weighted by molar-refractivity contribution is 0.0770. The van der Waals surface area contributed by atoms with Gasteiger partial charge < -0.3 is 11.4 Å². The van der Waals surface area contributed by atoms with Gasteiger partial charge in [-0.2, -0.15) is 0 Å². The van der Waals surface area contributed by atoms with E-state index in [0.717, 1.165) is 0 Å². The molecule has 0 aliphatic carbocycles. The molecule has 0 fully saturated rings. The van der Waals surface area contributed by atoms with Crippen LogP contribution in [0.2, 0.25) is 0 Å². The van der Waals surface area contributed by atoms with Gasteiger partial charge in [-0.15, -0.1) is 0 Å². The Labute approximate surface area is 74.0 Å². The smallest absolute Gasteiger partial charge is 0.455 e. The Morgan fingerprint density at radius 2 is 1.55 bits per heavy atom. The fraction of sp³-hybridized carbons (Fsp3) is 1.00. The second-order valence-corrected chi connectivity index (χ2v) is 3.90. The Morgan fingerprint density at radius 1 is 1.09 bits per heavy atom. The first-order valence-corrected chi connectivity index (χ1v) is 5.50. The summed E-state index contributed by atoms with van der Waals surface area (Å²) in [5, 5.41) is 0. The van der Waals surface area contributed by atoms with Gasteiger partial charge in [0.2, 0.25) is 0 Å². The molecule has 0 aliphatic heterocycles. The molecular weight excluding hydrogens is 159 g/mol. The fourth-order valence-electron chi connectivity index (χ4n) is 0.621. The van der Waals surface area contributed by atoms with E-state index < -0.39 is 15.1 Å². The van der Waals surface area contributed by atoms with Crippen LogP contribution >= 0.6 is 0 Å². The first-order valence-electron chi connectivity index (χ1n) is 4.09. The number of hydrogen-bond donors (Lipinski definition) is 0. The van der Waals surface area contributed by atoms with Crippen LogP contribution < -0.4 is 0 Å². The third-order valence-electron chi connectivity index (χ3n) is 0.989. The van der Waals surface area contributed by atoms with E-state index in [1.165, 1.54) is 0 Å². The molecule has 3 nitrogen and oxygen atoms in total. The maximum Gasteiger partial charge on any atom is 0.905 e. The van der Waals surface area contributed by atoms with Gasteiger partial charge >= 0.3 is 15.1 Å². The van der Waals surface area contributed by atoms with E-state index in [9.17, 15) is 0 Å². The monoisotopic (exact) mass is 176 g/mol. The third-order valence-corrected chi connectivity index (χ3v) is 2.97. The maximum atomic E-state index is 5.43. The van der Waals surface area contributed by atoms with Crippen molar-refractivity contribution in [2.24, 2.45) is 0 Å². The summed E-state index contributed by atoms with van der Waals surface area (Å²) in [4.78, 5) is 0. The molecule has 0 unspecified atom stereocenters. The largest absolute Gasteiger partial charge is 0.905 e. The quantitative estimate of drug-likeness (QED) is 0.573. The van der Waals surface area contributed by atoms with Crippen LogP contribution in [-0.4, -0.2) is 34.5 Å². The van der Waals surface area contributed by atoms with Crippen LogP contribution in [-0.2, 0) is 11.4 Å². The van der Waals surface area contributed by atoms with Crippen LogP contribution in [0.25, 0.3) is 0 Å². The highest BCUT2D eigenvalue weighted by atomic mass is 27.3. The minimum atomic E-state index is -1.79. The molecule has 0 aromatic rings. The molecule has 0 radical (unpaired) electrons. The zero-order valence-corrected chi connectivity index (χ0v) is 8.95. The van der Waals surface area contributed by atoms with Gasteiger partial charge in [-0.3, -0.25) is 0 Å².